The van der Waals surface area contributed by atoms with Gasteiger partial charge in [0, 0.05) is 6.92 Å². The van der Waals surface area contributed by atoms with Gasteiger partial charge in [0.05, 0.1) is 13.6 Å². The van der Waals surface area contributed by atoms with Crippen LogP contribution in [0.5, 0.6) is 0 Å². The lowest BCUT2D eigenvalue weighted by atomic mass is 10.5. The summed E-state index contributed by atoms with van der Waals surface area (Å²) in [7, 11) is -4.02. The van der Waals surface area contributed by atoms with E-state index in [1.54, 1.807) is 0 Å². The van der Waals surface area contributed by atoms with Crippen LogP contribution in [-0.4, -0.2) is 23.0 Å². The first-order chi connectivity index (χ1) is 8.00. The van der Waals surface area contributed by atoms with Crippen molar-refractivity contribution in [3.63, 3.8) is 0 Å². The number of aryl methyl sites for hydroxylation is 2. The van der Waals surface area contributed by atoms with Crippen LogP contribution in [0.3, 0.4) is 0 Å². The summed E-state index contributed by atoms with van der Waals surface area (Å²) in [6.07, 6.45) is 5.42. The highest BCUT2D eigenvalue weighted by molar-refractivity contribution is 7.86. The Labute approximate surface area is 104 Å². The van der Waals surface area contributed by atoms with E-state index >= 15 is 0 Å². The minimum atomic E-state index is -6.09. The van der Waals surface area contributed by atoms with Crippen molar-refractivity contribution in [2.75, 3.05) is 0 Å². The molecule has 1 heterocycles. The van der Waals surface area contributed by atoms with E-state index in [-0.39, 0.29) is 0 Å². The average Bonchev–Trinajstić information content (AvgIpc) is 2.48. The highest BCUT2D eigenvalue weighted by Gasteiger charge is 2.36. The predicted octanol–water partition coefficient (Wildman–Crippen LogP) is 1.08. The first-order valence-corrected chi connectivity index (χ1v) is 6.45. The van der Waals surface area contributed by atoms with Crippen molar-refractivity contribution < 1.29 is 30.7 Å². The molecule has 9 heteroatoms. The van der Waals surface area contributed by atoms with Crippen LogP contribution in [0.1, 0.15) is 19.2 Å². The summed E-state index contributed by atoms with van der Waals surface area (Å²) >= 11 is 0. The fourth-order valence-corrected chi connectivity index (χ4v) is 1.08. The summed E-state index contributed by atoms with van der Waals surface area (Å²) in [4.78, 5) is 0. The molecule has 5 nitrogen and oxygen atoms in total. The van der Waals surface area contributed by atoms with Gasteiger partial charge in [-0.25, -0.2) is 17.6 Å². The predicted molar refractivity (Wildman–Crippen MR) is 56.4 cm³/mol. The van der Waals surface area contributed by atoms with Gasteiger partial charge in [0.15, 0.2) is 10.1 Å². The van der Waals surface area contributed by atoms with E-state index in [0.717, 1.165) is 6.54 Å². The largest absolute Gasteiger partial charge is 0.741 e. The standard InChI is InChI=1S/C8H15N2.CHF3O3S/c1-4-5-10-7-6-9(3)8(10)2;2-1(3,4)8(5,6)7/h6-7H,4-5H2,1-3H3;(H,5,6,7)/q+1;/p-1. The molecule has 0 amide bonds. The fraction of sp³-hybridized carbons (Fsp3) is 0.667. The number of aromatic nitrogens is 2. The van der Waals surface area contributed by atoms with E-state index in [2.05, 4.69) is 42.4 Å². The van der Waals surface area contributed by atoms with Crippen LogP contribution in [0.2, 0.25) is 0 Å². The van der Waals surface area contributed by atoms with E-state index in [1.165, 1.54) is 12.2 Å². The third-order valence-electron chi connectivity index (χ3n) is 2.14. The lowest BCUT2D eigenvalue weighted by molar-refractivity contribution is -0.677. The van der Waals surface area contributed by atoms with E-state index in [9.17, 15) is 13.2 Å². The molecule has 1 aromatic rings. The Morgan fingerprint density at radius 2 is 1.89 bits per heavy atom. The van der Waals surface area contributed by atoms with Gasteiger partial charge in [0.25, 0.3) is 5.82 Å². The number of hydrogen-bond donors (Lipinski definition) is 0. The summed E-state index contributed by atoms with van der Waals surface area (Å²) < 4.78 is 63.3. The van der Waals surface area contributed by atoms with Gasteiger partial charge in [-0.05, 0) is 6.42 Å². The monoisotopic (exact) mass is 288 g/mol. The molecular formula is C9H15F3N2O3S. The Kier molecular flexibility index (Phi) is 5.81. The lowest BCUT2D eigenvalue weighted by Crippen LogP contribution is -2.29. The van der Waals surface area contributed by atoms with Crippen molar-refractivity contribution >= 4 is 10.1 Å². The average molecular weight is 288 g/mol. The number of rotatable bonds is 2. The molecule has 0 saturated carbocycles. The fourth-order valence-electron chi connectivity index (χ4n) is 1.08. The minimum absolute atomic E-state index is 1.13. The quantitative estimate of drug-likeness (QED) is 0.465. The van der Waals surface area contributed by atoms with Crippen molar-refractivity contribution in [2.45, 2.75) is 32.3 Å². The van der Waals surface area contributed by atoms with Gasteiger partial charge in [0.2, 0.25) is 0 Å². The molecular weight excluding hydrogens is 273 g/mol. The van der Waals surface area contributed by atoms with Gasteiger partial charge in [0.1, 0.15) is 12.4 Å². The number of hydrogen-bond acceptors (Lipinski definition) is 3. The van der Waals surface area contributed by atoms with Crippen LogP contribution < -0.4 is 4.57 Å². The molecule has 0 fully saturated rings. The van der Waals surface area contributed by atoms with Gasteiger partial charge in [-0.3, -0.25) is 0 Å². The number of imidazole rings is 1. The van der Waals surface area contributed by atoms with Gasteiger partial charge in [-0.15, -0.1) is 0 Å². The third kappa shape index (κ3) is 5.05. The zero-order valence-electron chi connectivity index (χ0n) is 10.2. The number of alkyl halides is 3. The van der Waals surface area contributed by atoms with Crippen LogP contribution in [0.4, 0.5) is 13.2 Å². The highest BCUT2D eigenvalue weighted by atomic mass is 32.2. The third-order valence-corrected chi connectivity index (χ3v) is 2.71. The van der Waals surface area contributed by atoms with Gasteiger partial charge < -0.3 is 4.55 Å². The van der Waals surface area contributed by atoms with Crippen molar-refractivity contribution in [3.05, 3.63) is 18.2 Å². The van der Waals surface area contributed by atoms with Crippen LogP contribution >= 0.6 is 0 Å². The zero-order valence-corrected chi connectivity index (χ0v) is 11.0. The van der Waals surface area contributed by atoms with Gasteiger partial charge in [-0.2, -0.15) is 13.2 Å². The molecule has 0 N–H and O–H groups in total. The summed E-state index contributed by atoms with van der Waals surface area (Å²) in [5, 5.41) is 0. The Hall–Kier alpha value is -1.09. The summed E-state index contributed by atoms with van der Waals surface area (Å²) in [5.41, 5.74) is -5.65. The zero-order chi connectivity index (χ0) is 14.6. The molecule has 0 aliphatic carbocycles. The second-order valence-corrected chi connectivity index (χ2v) is 4.92. The molecule has 0 atom stereocenters. The highest BCUT2D eigenvalue weighted by Crippen LogP contribution is 2.20. The van der Waals surface area contributed by atoms with E-state index in [4.69, 9.17) is 13.0 Å². The molecule has 1 aromatic heterocycles. The van der Waals surface area contributed by atoms with Crippen molar-refractivity contribution in [1.82, 2.24) is 4.57 Å². The SMILES string of the molecule is CCCn1cc[n+](C)c1C.O=S(=O)([O-])C(F)(F)F. The topological polar surface area (TPSA) is 66.0 Å². The summed E-state index contributed by atoms with van der Waals surface area (Å²) in [6, 6.07) is 0. The smallest absolute Gasteiger partial charge is 0.485 e. The Morgan fingerprint density at radius 1 is 1.44 bits per heavy atom. The number of halogens is 3. The Morgan fingerprint density at radius 3 is 2.11 bits per heavy atom. The Bertz CT molecular complexity index is 480. The van der Waals surface area contributed by atoms with Crippen LogP contribution in [0.15, 0.2) is 12.4 Å². The summed E-state index contributed by atoms with van der Waals surface area (Å²) in [6.45, 7) is 5.46. The molecule has 0 bridgehead atoms. The molecule has 0 unspecified atom stereocenters. The maximum Gasteiger partial charge on any atom is 0.485 e. The van der Waals surface area contributed by atoms with E-state index in [0.29, 0.717) is 0 Å². The van der Waals surface area contributed by atoms with E-state index in [1.807, 2.05) is 0 Å². The molecule has 0 saturated heterocycles. The molecule has 1 rings (SSSR count). The van der Waals surface area contributed by atoms with Crippen LogP contribution in [0, 0.1) is 6.92 Å². The molecule has 0 radical (unpaired) electrons. The molecule has 18 heavy (non-hydrogen) atoms. The first-order valence-electron chi connectivity index (χ1n) is 5.04. The van der Waals surface area contributed by atoms with Crippen LogP contribution in [0.25, 0.3) is 0 Å². The second kappa shape index (κ2) is 6.19. The van der Waals surface area contributed by atoms with Gasteiger partial charge >= 0.3 is 5.51 Å². The minimum Gasteiger partial charge on any atom is -0.741 e. The summed E-state index contributed by atoms with van der Waals surface area (Å²) in [5.74, 6) is 1.32. The molecule has 0 aromatic carbocycles. The molecule has 106 valence electrons. The Balaban J connectivity index is 0.000000331. The normalized spacial score (nSPS) is 11.9. The van der Waals surface area contributed by atoms with Crippen molar-refractivity contribution in [2.24, 2.45) is 7.05 Å². The molecule has 0 aliphatic heterocycles. The maximum absolute atomic E-state index is 10.7. The molecule has 0 aliphatic rings. The molecule has 0 spiro atoms. The first kappa shape index (κ1) is 16.9. The number of nitrogens with zero attached hydrogens (tertiary/aromatic N) is 2. The second-order valence-electron chi connectivity index (χ2n) is 3.55. The maximum atomic E-state index is 10.7. The van der Waals surface area contributed by atoms with Crippen LogP contribution in [-0.2, 0) is 23.7 Å². The van der Waals surface area contributed by atoms with Gasteiger partial charge in [-0.1, -0.05) is 6.92 Å². The lowest BCUT2D eigenvalue weighted by Gasteiger charge is -2.08. The van der Waals surface area contributed by atoms with E-state index < -0.39 is 15.6 Å². The van der Waals surface area contributed by atoms with Crippen molar-refractivity contribution in [3.8, 4) is 0 Å². The van der Waals surface area contributed by atoms with Crippen molar-refractivity contribution in [1.29, 1.82) is 0 Å².